The van der Waals surface area contributed by atoms with Crippen molar-refractivity contribution in [2.45, 2.75) is 37.3 Å². The first-order valence-electron chi connectivity index (χ1n) is 6.02. The predicted octanol–water partition coefficient (Wildman–Crippen LogP) is 1.41. The second kappa shape index (κ2) is 5.19. The van der Waals surface area contributed by atoms with Crippen LogP contribution in [0.3, 0.4) is 0 Å². The van der Waals surface area contributed by atoms with E-state index in [0.717, 1.165) is 19.3 Å². The van der Waals surface area contributed by atoms with E-state index in [2.05, 4.69) is 9.71 Å². The highest BCUT2D eigenvalue weighted by Crippen LogP contribution is 2.27. The van der Waals surface area contributed by atoms with Gasteiger partial charge in [-0.1, -0.05) is 6.42 Å². The van der Waals surface area contributed by atoms with Gasteiger partial charge in [-0.05, 0) is 25.7 Å². The summed E-state index contributed by atoms with van der Waals surface area (Å²) < 4.78 is 28.8. The summed E-state index contributed by atoms with van der Waals surface area (Å²) in [6.07, 6.45) is 4.38. The van der Waals surface area contributed by atoms with Crippen LogP contribution >= 0.6 is 11.6 Å². The molecule has 1 saturated carbocycles. The van der Waals surface area contributed by atoms with Crippen molar-refractivity contribution >= 4 is 21.6 Å². The molecule has 2 rings (SSSR count). The van der Waals surface area contributed by atoms with E-state index in [1.807, 2.05) is 0 Å². The van der Waals surface area contributed by atoms with Crippen LogP contribution in [0.15, 0.2) is 11.2 Å². The van der Waals surface area contributed by atoms with Gasteiger partial charge in [0.1, 0.15) is 5.82 Å². The van der Waals surface area contributed by atoms with Crippen molar-refractivity contribution in [3.05, 3.63) is 12.0 Å². The van der Waals surface area contributed by atoms with E-state index in [-0.39, 0.29) is 17.0 Å². The number of aryl methyl sites for hydroxylation is 2. The molecular formula is C11H18ClN3O2S. The Bertz CT molecular complexity index is 507. The van der Waals surface area contributed by atoms with Gasteiger partial charge in [-0.25, -0.2) is 18.1 Å². The smallest absolute Gasteiger partial charge is 0.259 e. The average Bonchev–Trinajstić information content (AvgIpc) is 2.86. The van der Waals surface area contributed by atoms with Crippen LogP contribution in [-0.4, -0.2) is 29.9 Å². The summed E-state index contributed by atoms with van der Waals surface area (Å²) in [6.45, 7) is 1.77. The second-order valence-electron chi connectivity index (χ2n) is 4.81. The topological polar surface area (TPSA) is 64.0 Å². The molecule has 1 aromatic rings. The number of sulfonamides is 1. The number of rotatable bonds is 4. The molecule has 0 amide bonds. The minimum absolute atomic E-state index is 0.0604. The average molecular weight is 292 g/mol. The summed E-state index contributed by atoms with van der Waals surface area (Å²) in [7, 11) is -1.75. The molecular weight excluding hydrogens is 274 g/mol. The van der Waals surface area contributed by atoms with E-state index in [4.69, 9.17) is 11.6 Å². The molecule has 0 bridgehead atoms. The molecule has 5 nitrogen and oxygen atoms in total. The lowest BCUT2D eigenvalue weighted by atomic mass is 10.1. The van der Waals surface area contributed by atoms with Crippen LogP contribution in [0.1, 0.15) is 25.1 Å². The zero-order valence-corrected chi connectivity index (χ0v) is 12.1. The summed E-state index contributed by atoms with van der Waals surface area (Å²) in [6, 6.07) is -0.0604. The summed E-state index contributed by atoms with van der Waals surface area (Å²) in [5.74, 6) is 1.40. The molecule has 0 aromatic carbocycles. The summed E-state index contributed by atoms with van der Waals surface area (Å²) in [5.41, 5.74) is 0. The van der Waals surface area contributed by atoms with Crippen LogP contribution in [0.25, 0.3) is 0 Å². The molecule has 0 saturated heterocycles. The number of hydrogen-bond donors (Lipinski definition) is 1. The molecule has 0 radical (unpaired) electrons. The lowest BCUT2D eigenvalue weighted by Crippen LogP contribution is -2.38. The highest BCUT2D eigenvalue weighted by Gasteiger charge is 2.31. The lowest BCUT2D eigenvalue weighted by molar-refractivity contribution is 0.479. The summed E-state index contributed by atoms with van der Waals surface area (Å²) >= 11 is 5.85. The molecule has 1 aliphatic carbocycles. The largest absolute Gasteiger partial charge is 0.337 e. The standard InChI is InChI=1S/C11H18ClN3O2S/c1-8-13-11(7-15(8)2)18(16,17)14-10-5-3-4-9(10)6-12/h7,9-10,14H,3-6H2,1-2H3. The van der Waals surface area contributed by atoms with Gasteiger partial charge >= 0.3 is 0 Å². The highest BCUT2D eigenvalue weighted by atomic mass is 35.5. The van der Waals surface area contributed by atoms with E-state index >= 15 is 0 Å². The third-order valence-corrected chi connectivity index (χ3v) is 5.28. The van der Waals surface area contributed by atoms with Crippen LogP contribution in [0.2, 0.25) is 0 Å². The molecule has 102 valence electrons. The molecule has 2 unspecified atom stereocenters. The number of halogens is 1. The van der Waals surface area contributed by atoms with Crippen LogP contribution in [0.4, 0.5) is 0 Å². The van der Waals surface area contributed by atoms with Crippen molar-refractivity contribution in [2.75, 3.05) is 5.88 Å². The zero-order valence-electron chi connectivity index (χ0n) is 10.6. The Morgan fingerprint density at radius 2 is 2.28 bits per heavy atom. The Hall–Kier alpha value is -0.590. The third kappa shape index (κ3) is 2.70. The van der Waals surface area contributed by atoms with E-state index in [0.29, 0.717) is 11.7 Å². The molecule has 1 aromatic heterocycles. The maximum absolute atomic E-state index is 12.2. The molecule has 18 heavy (non-hydrogen) atoms. The predicted molar refractivity (Wildman–Crippen MR) is 70.1 cm³/mol. The van der Waals surface area contributed by atoms with Gasteiger partial charge in [0.2, 0.25) is 0 Å². The van der Waals surface area contributed by atoms with Crippen molar-refractivity contribution in [3.63, 3.8) is 0 Å². The van der Waals surface area contributed by atoms with Gasteiger partial charge in [0, 0.05) is 25.2 Å². The van der Waals surface area contributed by atoms with E-state index in [1.165, 1.54) is 6.20 Å². The lowest BCUT2D eigenvalue weighted by Gasteiger charge is -2.17. The second-order valence-corrected chi connectivity index (χ2v) is 6.78. The van der Waals surface area contributed by atoms with E-state index in [9.17, 15) is 8.42 Å². The molecule has 0 spiro atoms. The molecule has 7 heteroatoms. The Kier molecular flexibility index (Phi) is 3.99. The fourth-order valence-corrected chi connectivity index (χ4v) is 4.04. The Morgan fingerprint density at radius 3 is 2.83 bits per heavy atom. The number of alkyl halides is 1. The molecule has 2 atom stereocenters. The van der Waals surface area contributed by atoms with Gasteiger partial charge in [-0.2, -0.15) is 0 Å². The van der Waals surface area contributed by atoms with Crippen LogP contribution in [0.5, 0.6) is 0 Å². The van der Waals surface area contributed by atoms with Gasteiger partial charge in [0.15, 0.2) is 5.03 Å². The van der Waals surface area contributed by atoms with Crippen LogP contribution in [0, 0.1) is 12.8 Å². The van der Waals surface area contributed by atoms with Gasteiger partial charge in [0.05, 0.1) is 0 Å². The van der Waals surface area contributed by atoms with Crippen molar-refractivity contribution in [3.8, 4) is 0 Å². The number of aromatic nitrogens is 2. The molecule has 1 N–H and O–H groups in total. The maximum Gasteiger partial charge on any atom is 0.259 e. The number of nitrogens with one attached hydrogen (secondary N) is 1. The number of nitrogens with zero attached hydrogens (tertiary/aromatic N) is 2. The number of hydrogen-bond acceptors (Lipinski definition) is 3. The van der Waals surface area contributed by atoms with Gasteiger partial charge < -0.3 is 4.57 Å². The Balaban J connectivity index is 2.17. The van der Waals surface area contributed by atoms with E-state index in [1.54, 1.807) is 18.5 Å². The SMILES string of the molecule is Cc1nc(S(=O)(=O)NC2CCCC2CCl)cn1C. The summed E-state index contributed by atoms with van der Waals surface area (Å²) in [4.78, 5) is 4.05. The van der Waals surface area contributed by atoms with Gasteiger partial charge in [-0.15, -0.1) is 11.6 Å². The van der Waals surface area contributed by atoms with Crippen LogP contribution < -0.4 is 4.72 Å². The Morgan fingerprint density at radius 1 is 1.56 bits per heavy atom. The maximum atomic E-state index is 12.2. The van der Waals surface area contributed by atoms with E-state index < -0.39 is 10.0 Å². The van der Waals surface area contributed by atoms with Gasteiger partial charge in [-0.3, -0.25) is 0 Å². The first kappa shape index (κ1) is 13.8. The molecule has 0 aliphatic heterocycles. The first-order valence-corrected chi connectivity index (χ1v) is 8.04. The minimum atomic E-state index is -3.53. The van der Waals surface area contributed by atoms with Crippen LogP contribution in [-0.2, 0) is 17.1 Å². The monoisotopic (exact) mass is 291 g/mol. The fraction of sp³-hybridized carbons (Fsp3) is 0.727. The quantitative estimate of drug-likeness (QED) is 0.853. The molecule has 1 heterocycles. The van der Waals surface area contributed by atoms with Crippen molar-refractivity contribution in [1.82, 2.24) is 14.3 Å². The Labute approximate surface area is 113 Å². The highest BCUT2D eigenvalue weighted by molar-refractivity contribution is 7.89. The third-order valence-electron chi connectivity index (χ3n) is 3.53. The zero-order chi connectivity index (χ0) is 13.3. The van der Waals surface area contributed by atoms with Gasteiger partial charge in [0.25, 0.3) is 10.0 Å². The normalized spacial score (nSPS) is 24.6. The molecule has 1 fully saturated rings. The minimum Gasteiger partial charge on any atom is -0.337 e. The van der Waals surface area contributed by atoms with Crippen molar-refractivity contribution in [2.24, 2.45) is 13.0 Å². The van der Waals surface area contributed by atoms with Crippen molar-refractivity contribution < 1.29 is 8.42 Å². The fourth-order valence-electron chi connectivity index (χ4n) is 2.29. The first-order chi connectivity index (χ1) is 8.44. The van der Waals surface area contributed by atoms with Crippen molar-refractivity contribution in [1.29, 1.82) is 0 Å². The number of imidazole rings is 1. The summed E-state index contributed by atoms with van der Waals surface area (Å²) in [5, 5.41) is 0.0859. The molecule has 1 aliphatic rings.